The summed E-state index contributed by atoms with van der Waals surface area (Å²) in [5.41, 5.74) is 4.43. The van der Waals surface area contributed by atoms with E-state index < -0.39 is 0 Å². The average Bonchev–Trinajstić information content (AvgIpc) is 3.00. The standard InChI is InChI=1S/C34H34O4S/c1-5-13-27(14-6-1)21-35-25-32-34(38-23-29-17-9-3-10-18-29)33(37-22-28-15-7-2-8-16-28)30(24-36-32)26-39-31-19-11-4-12-20-31/h1-20,24,32-34H,21-23,25-26H2/t32-,33-,34-/m1/s1. The molecule has 0 bridgehead atoms. The van der Waals surface area contributed by atoms with Gasteiger partial charge in [-0.15, -0.1) is 11.8 Å². The van der Waals surface area contributed by atoms with Crippen molar-refractivity contribution in [3.05, 3.63) is 150 Å². The smallest absolute Gasteiger partial charge is 0.150 e. The molecule has 0 saturated carbocycles. The highest BCUT2D eigenvalue weighted by Crippen LogP contribution is 2.31. The molecule has 0 amide bonds. The molecular formula is C34H34O4S. The lowest BCUT2D eigenvalue weighted by Gasteiger charge is -2.38. The first-order valence-electron chi connectivity index (χ1n) is 13.3. The van der Waals surface area contributed by atoms with Gasteiger partial charge in [0.25, 0.3) is 0 Å². The topological polar surface area (TPSA) is 36.9 Å². The zero-order chi connectivity index (χ0) is 26.5. The molecule has 0 saturated heterocycles. The molecule has 5 rings (SSSR count). The van der Waals surface area contributed by atoms with Crippen LogP contribution in [0, 0.1) is 0 Å². The first-order chi connectivity index (χ1) is 19.3. The minimum absolute atomic E-state index is 0.274. The number of benzene rings is 4. The molecule has 1 aliphatic rings. The molecule has 3 atom stereocenters. The zero-order valence-corrected chi connectivity index (χ0v) is 22.7. The molecule has 0 fully saturated rings. The summed E-state index contributed by atoms with van der Waals surface area (Å²) in [7, 11) is 0. The van der Waals surface area contributed by atoms with Crippen molar-refractivity contribution >= 4 is 11.8 Å². The number of rotatable bonds is 13. The lowest BCUT2D eigenvalue weighted by atomic mass is 9.99. The van der Waals surface area contributed by atoms with E-state index >= 15 is 0 Å². The molecule has 0 spiro atoms. The van der Waals surface area contributed by atoms with E-state index in [2.05, 4.69) is 60.7 Å². The summed E-state index contributed by atoms with van der Waals surface area (Å²) in [6.07, 6.45) is 0.957. The third-order valence-corrected chi connectivity index (χ3v) is 7.61. The van der Waals surface area contributed by atoms with Crippen molar-refractivity contribution < 1.29 is 18.9 Å². The number of thioether (sulfide) groups is 1. The van der Waals surface area contributed by atoms with Crippen molar-refractivity contribution in [2.45, 2.75) is 43.0 Å². The van der Waals surface area contributed by atoms with Crippen molar-refractivity contribution in [1.29, 1.82) is 0 Å². The highest BCUT2D eigenvalue weighted by Gasteiger charge is 2.38. The van der Waals surface area contributed by atoms with E-state index in [0.717, 1.165) is 28.0 Å². The minimum Gasteiger partial charge on any atom is -0.493 e. The van der Waals surface area contributed by atoms with Gasteiger partial charge in [0.05, 0.1) is 32.7 Å². The Morgan fingerprint density at radius 1 is 0.590 bits per heavy atom. The molecule has 4 aromatic carbocycles. The molecule has 4 aromatic rings. The Morgan fingerprint density at radius 3 is 1.69 bits per heavy atom. The largest absolute Gasteiger partial charge is 0.493 e. The Morgan fingerprint density at radius 2 is 1.10 bits per heavy atom. The lowest BCUT2D eigenvalue weighted by molar-refractivity contribution is -0.151. The number of hydrogen-bond donors (Lipinski definition) is 0. The molecule has 0 aliphatic carbocycles. The second-order valence-electron chi connectivity index (χ2n) is 9.45. The van der Waals surface area contributed by atoms with Gasteiger partial charge in [-0.1, -0.05) is 109 Å². The van der Waals surface area contributed by atoms with E-state index in [1.807, 2.05) is 66.9 Å². The molecule has 1 heterocycles. The maximum absolute atomic E-state index is 6.62. The van der Waals surface area contributed by atoms with Gasteiger partial charge in [-0.3, -0.25) is 0 Å². The van der Waals surface area contributed by atoms with Crippen LogP contribution in [0.2, 0.25) is 0 Å². The molecule has 5 heteroatoms. The summed E-state index contributed by atoms with van der Waals surface area (Å²) >= 11 is 1.77. The molecule has 1 aliphatic heterocycles. The second kappa shape index (κ2) is 14.7. The van der Waals surface area contributed by atoms with Crippen LogP contribution in [0.3, 0.4) is 0 Å². The van der Waals surface area contributed by atoms with Gasteiger partial charge in [-0.2, -0.15) is 0 Å². The van der Waals surface area contributed by atoms with Crippen LogP contribution in [0.4, 0.5) is 0 Å². The molecule has 0 N–H and O–H groups in total. The zero-order valence-electron chi connectivity index (χ0n) is 21.9. The normalized spacial score (nSPS) is 18.8. The van der Waals surface area contributed by atoms with Crippen molar-refractivity contribution in [2.75, 3.05) is 12.4 Å². The molecular weight excluding hydrogens is 504 g/mol. The van der Waals surface area contributed by atoms with E-state index in [9.17, 15) is 0 Å². The van der Waals surface area contributed by atoms with Gasteiger partial charge < -0.3 is 18.9 Å². The van der Waals surface area contributed by atoms with Crippen molar-refractivity contribution in [1.82, 2.24) is 0 Å². The Balaban J connectivity index is 1.34. The summed E-state index contributed by atoms with van der Waals surface area (Å²) in [6, 6.07) is 41.1. The first kappa shape index (κ1) is 27.2. The predicted molar refractivity (Wildman–Crippen MR) is 156 cm³/mol. The van der Waals surface area contributed by atoms with Crippen molar-refractivity contribution in [3.8, 4) is 0 Å². The maximum atomic E-state index is 6.62. The predicted octanol–water partition coefficient (Wildman–Crippen LogP) is 7.45. The summed E-state index contributed by atoms with van der Waals surface area (Å²) in [5.74, 6) is 0.742. The summed E-state index contributed by atoms with van der Waals surface area (Å²) in [4.78, 5) is 1.20. The first-order valence-corrected chi connectivity index (χ1v) is 14.3. The van der Waals surface area contributed by atoms with Gasteiger partial charge in [0.1, 0.15) is 18.3 Å². The van der Waals surface area contributed by atoms with Gasteiger partial charge >= 0.3 is 0 Å². The van der Waals surface area contributed by atoms with Crippen LogP contribution in [-0.2, 0) is 38.8 Å². The molecule has 39 heavy (non-hydrogen) atoms. The van der Waals surface area contributed by atoms with Crippen LogP contribution in [0.5, 0.6) is 0 Å². The van der Waals surface area contributed by atoms with Crippen LogP contribution in [0.25, 0.3) is 0 Å². The Labute approximate surface area is 235 Å². The van der Waals surface area contributed by atoms with E-state index in [0.29, 0.717) is 26.4 Å². The fourth-order valence-electron chi connectivity index (χ4n) is 4.45. The highest BCUT2D eigenvalue weighted by molar-refractivity contribution is 7.99. The lowest BCUT2D eigenvalue weighted by Crippen LogP contribution is -2.48. The van der Waals surface area contributed by atoms with Crippen LogP contribution in [0.1, 0.15) is 16.7 Å². The second-order valence-corrected chi connectivity index (χ2v) is 10.5. The van der Waals surface area contributed by atoms with E-state index in [4.69, 9.17) is 18.9 Å². The van der Waals surface area contributed by atoms with Crippen molar-refractivity contribution in [2.24, 2.45) is 0 Å². The van der Waals surface area contributed by atoms with Crippen LogP contribution in [0.15, 0.2) is 138 Å². The van der Waals surface area contributed by atoms with Gasteiger partial charge in [0.15, 0.2) is 0 Å². The van der Waals surface area contributed by atoms with E-state index in [1.165, 1.54) is 4.90 Å². The van der Waals surface area contributed by atoms with E-state index in [-0.39, 0.29) is 18.3 Å². The van der Waals surface area contributed by atoms with Crippen molar-refractivity contribution in [3.63, 3.8) is 0 Å². The Bertz CT molecular complexity index is 1270. The quantitative estimate of drug-likeness (QED) is 0.165. The van der Waals surface area contributed by atoms with Crippen LogP contribution in [-0.4, -0.2) is 30.7 Å². The van der Waals surface area contributed by atoms with Gasteiger partial charge in [-0.05, 0) is 28.8 Å². The van der Waals surface area contributed by atoms with Crippen LogP contribution >= 0.6 is 11.8 Å². The summed E-state index contributed by atoms with van der Waals surface area (Å²) < 4.78 is 25.6. The van der Waals surface area contributed by atoms with Gasteiger partial charge in [-0.25, -0.2) is 0 Å². The number of ether oxygens (including phenoxy) is 4. The minimum atomic E-state index is -0.332. The Hall–Kier alpha value is -3.35. The third-order valence-electron chi connectivity index (χ3n) is 6.52. The molecule has 200 valence electrons. The Kier molecular flexibility index (Phi) is 10.3. The highest BCUT2D eigenvalue weighted by atomic mass is 32.2. The summed E-state index contributed by atoms with van der Waals surface area (Å²) in [5, 5.41) is 0. The van der Waals surface area contributed by atoms with Gasteiger partial charge in [0, 0.05) is 16.2 Å². The molecule has 0 radical (unpaired) electrons. The monoisotopic (exact) mass is 538 g/mol. The van der Waals surface area contributed by atoms with E-state index in [1.54, 1.807) is 11.8 Å². The average molecular weight is 539 g/mol. The molecule has 4 nitrogen and oxygen atoms in total. The molecule has 0 unspecified atom stereocenters. The van der Waals surface area contributed by atoms with Gasteiger partial charge in [0.2, 0.25) is 0 Å². The summed E-state index contributed by atoms with van der Waals surface area (Å²) in [6.45, 7) is 1.87. The SMILES string of the molecule is C1=C(CSc2ccccc2)[C@@H](OCc2ccccc2)[C@H](OCc2ccccc2)[C@@H](COCc2ccccc2)O1. The maximum Gasteiger partial charge on any atom is 0.150 e. The number of hydrogen-bond acceptors (Lipinski definition) is 5. The van der Waals surface area contributed by atoms with Crippen LogP contribution < -0.4 is 0 Å². The fourth-order valence-corrected chi connectivity index (χ4v) is 5.36. The fraction of sp³-hybridized carbons (Fsp3) is 0.235. The molecule has 0 aromatic heterocycles. The third kappa shape index (κ3) is 8.32.